The Morgan fingerprint density at radius 2 is 2.24 bits per heavy atom. The zero-order chi connectivity index (χ0) is 12.3. The van der Waals surface area contributed by atoms with Crippen molar-refractivity contribution in [3.8, 4) is 5.75 Å². The molecular formula is C13H19ClN2O. The van der Waals surface area contributed by atoms with Crippen molar-refractivity contribution < 1.29 is 4.74 Å². The molecule has 1 N–H and O–H groups in total. The molecule has 0 atom stereocenters. The lowest BCUT2D eigenvalue weighted by Gasteiger charge is -2.31. The van der Waals surface area contributed by atoms with Crippen molar-refractivity contribution in [2.24, 2.45) is 5.92 Å². The Bertz CT molecular complexity index is 380. The summed E-state index contributed by atoms with van der Waals surface area (Å²) in [6, 6.07) is 5.77. The van der Waals surface area contributed by atoms with Crippen LogP contribution in [0.3, 0.4) is 0 Å². The Morgan fingerprint density at radius 1 is 1.47 bits per heavy atom. The summed E-state index contributed by atoms with van der Waals surface area (Å²) in [5.74, 6) is 1.69. The summed E-state index contributed by atoms with van der Waals surface area (Å²) in [6.45, 7) is 4.26. The number of rotatable bonds is 5. The fourth-order valence-electron chi connectivity index (χ4n) is 2.14. The Morgan fingerprint density at radius 3 is 2.82 bits per heavy atom. The zero-order valence-corrected chi connectivity index (χ0v) is 11.1. The van der Waals surface area contributed by atoms with Crippen LogP contribution in [0.4, 0.5) is 0 Å². The molecule has 4 heteroatoms. The number of hydrogen-bond donors (Lipinski definition) is 1. The maximum absolute atomic E-state index is 6.02. The number of nitrogens with zero attached hydrogens (tertiary/aromatic N) is 1. The van der Waals surface area contributed by atoms with E-state index in [0.717, 1.165) is 48.4 Å². The van der Waals surface area contributed by atoms with E-state index in [2.05, 4.69) is 17.3 Å². The molecule has 0 saturated carbocycles. The van der Waals surface area contributed by atoms with E-state index < -0.39 is 0 Å². The SMILES string of the molecule is COc1ccc(Cl)cc1CN(C)CC1CNC1. The Hall–Kier alpha value is -0.770. The fraction of sp³-hybridized carbons (Fsp3) is 0.538. The van der Waals surface area contributed by atoms with Crippen LogP contribution in [0, 0.1) is 5.92 Å². The molecule has 2 rings (SSSR count). The molecule has 1 aliphatic heterocycles. The van der Waals surface area contributed by atoms with Crippen LogP contribution >= 0.6 is 11.6 Å². The van der Waals surface area contributed by atoms with Gasteiger partial charge in [0.2, 0.25) is 0 Å². The average Bonchev–Trinajstić information content (AvgIpc) is 2.24. The highest BCUT2D eigenvalue weighted by molar-refractivity contribution is 6.30. The summed E-state index contributed by atoms with van der Waals surface area (Å²) in [4.78, 5) is 2.32. The third-order valence-corrected chi connectivity index (χ3v) is 3.35. The monoisotopic (exact) mass is 254 g/mol. The summed E-state index contributed by atoms with van der Waals surface area (Å²) < 4.78 is 5.35. The van der Waals surface area contributed by atoms with Crippen molar-refractivity contribution in [3.63, 3.8) is 0 Å². The van der Waals surface area contributed by atoms with Crippen molar-refractivity contribution >= 4 is 11.6 Å². The first kappa shape index (κ1) is 12.7. The molecule has 1 saturated heterocycles. The molecule has 1 heterocycles. The van der Waals surface area contributed by atoms with E-state index in [1.807, 2.05) is 18.2 Å². The molecule has 3 nitrogen and oxygen atoms in total. The fourth-order valence-corrected chi connectivity index (χ4v) is 2.34. The van der Waals surface area contributed by atoms with Gasteiger partial charge < -0.3 is 15.0 Å². The molecule has 0 aromatic heterocycles. The van der Waals surface area contributed by atoms with Crippen molar-refractivity contribution in [2.75, 3.05) is 33.8 Å². The molecule has 0 aliphatic carbocycles. The van der Waals surface area contributed by atoms with Gasteiger partial charge in [0.15, 0.2) is 0 Å². The molecule has 1 fully saturated rings. The first-order valence-corrected chi connectivity index (χ1v) is 6.28. The molecule has 17 heavy (non-hydrogen) atoms. The van der Waals surface area contributed by atoms with E-state index in [1.54, 1.807) is 7.11 Å². The van der Waals surface area contributed by atoms with Gasteiger partial charge in [-0.15, -0.1) is 0 Å². The summed E-state index contributed by atoms with van der Waals surface area (Å²) >= 11 is 6.02. The van der Waals surface area contributed by atoms with Crippen LogP contribution in [0.2, 0.25) is 5.02 Å². The van der Waals surface area contributed by atoms with Gasteiger partial charge in [0.05, 0.1) is 7.11 Å². The number of methoxy groups -OCH3 is 1. The van der Waals surface area contributed by atoms with E-state index >= 15 is 0 Å². The summed E-state index contributed by atoms with van der Waals surface area (Å²) in [5.41, 5.74) is 1.15. The van der Waals surface area contributed by atoms with Crippen LogP contribution < -0.4 is 10.1 Å². The van der Waals surface area contributed by atoms with Gasteiger partial charge in [-0.2, -0.15) is 0 Å². The van der Waals surface area contributed by atoms with E-state index in [1.165, 1.54) is 0 Å². The molecule has 0 unspecified atom stereocenters. The van der Waals surface area contributed by atoms with E-state index in [9.17, 15) is 0 Å². The van der Waals surface area contributed by atoms with Gasteiger partial charge >= 0.3 is 0 Å². The first-order valence-electron chi connectivity index (χ1n) is 5.90. The Kier molecular flexibility index (Phi) is 4.26. The van der Waals surface area contributed by atoms with Crippen molar-refractivity contribution in [1.82, 2.24) is 10.2 Å². The number of nitrogens with one attached hydrogen (secondary N) is 1. The van der Waals surface area contributed by atoms with Crippen molar-refractivity contribution in [1.29, 1.82) is 0 Å². The Balaban J connectivity index is 1.98. The van der Waals surface area contributed by atoms with Crippen molar-refractivity contribution in [2.45, 2.75) is 6.54 Å². The topological polar surface area (TPSA) is 24.5 Å². The maximum atomic E-state index is 6.02. The maximum Gasteiger partial charge on any atom is 0.123 e. The van der Waals surface area contributed by atoms with Gasteiger partial charge in [0, 0.05) is 36.8 Å². The smallest absolute Gasteiger partial charge is 0.123 e. The standard InChI is InChI=1S/C13H19ClN2O/c1-16(8-10-6-15-7-10)9-11-5-12(14)3-4-13(11)17-2/h3-5,10,15H,6-9H2,1-2H3. The molecule has 0 bridgehead atoms. The second-order valence-electron chi connectivity index (χ2n) is 4.68. The third kappa shape index (κ3) is 3.35. The largest absolute Gasteiger partial charge is 0.496 e. The van der Waals surface area contributed by atoms with E-state index in [-0.39, 0.29) is 0 Å². The van der Waals surface area contributed by atoms with Gasteiger partial charge in [-0.25, -0.2) is 0 Å². The number of halogens is 1. The molecule has 1 aromatic rings. The normalized spacial score (nSPS) is 16.0. The number of ether oxygens (including phenoxy) is 1. The quantitative estimate of drug-likeness (QED) is 0.870. The predicted molar refractivity (Wildman–Crippen MR) is 70.7 cm³/mol. The molecule has 0 radical (unpaired) electrons. The zero-order valence-electron chi connectivity index (χ0n) is 10.4. The molecule has 0 spiro atoms. The molecule has 94 valence electrons. The minimum atomic E-state index is 0.763. The number of benzene rings is 1. The van der Waals surface area contributed by atoms with Crippen LogP contribution in [-0.4, -0.2) is 38.7 Å². The van der Waals surface area contributed by atoms with E-state index in [0.29, 0.717) is 0 Å². The van der Waals surface area contributed by atoms with Gasteiger partial charge in [-0.1, -0.05) is 11.6 Å². The molecule has 1 aromatic carbocycles. The predicted octanol–water partition coefficient (Wildman–Crippen LogP) is 2.00. The minimum absolute atomic E-state index is 0.763. The van der Waals surface area contributed by atoms with Crippen LogP contribution in [0.5, 0.6) is 5.75 Å². The van der Waals surface area contributed by atoms with Crippen LogP contribution in [-0.2, 0) is 6.54 Å². The lowest BCUT2D eigenvalue weighted by molar-refractivity contribution is 0.217. The number of hydrogen-bond acceptors (Lipinski definition) is 3. The van der Waals surface area contributed by atoms with Gasteiger partial charge in [-0.05, 0) is 31.2 Å². The lowest BCUT2D eigenvalue weighted by atomic mass is 10.0. The van der Waals surface area contributed by atoms with Gasteiger partial charge in [0.1, 0.15) is 5.75 Å². The molecule has 0 amide bonds. The van der Waals surface area contributed by atoms with Gasteiger partial charge in [-0.3, -0.25) is 0 Å². The van der Waals surface area contributed by atoms with Crippen molar-refractivity contribution in [3.05, 3.63) is 28.8 Å². The Labute approximate surface area is 108 Å². The summed E-state index contributed by atoms with van der Waals surface area (Å²) in [5, 5.41) is 4.05. The average molecular weight is 255 g/mol. The second-order valence-corrected chi connectivity index (χ2v) is 5.11. The highest BCUT2D eigenvalue weighted by Gasteiger charge is 2.19. The van der Waals surface area contributed by atoms with Crippen LogP contribution in [0.25, 0.3) is 0 Å². The lowest BCUT2D eigenvalue weighted by Crippen LogP contribution is -2.47. The third-order valence-electron chi connectivity index (χ3n) is 3.12. The van der Waals surface area contributed by atoms with Gasteiger partial charge in [0.25, 0.3) is 0 Å². The second kappa shape index (κ2) is 5.71. The van der Waals surface area contributed by atoms with E-state index in [4.69, 9.17) is 16.3 Å². The minimum Gasteiger partial charge on any atom is -0.496 e. The summed E-state index contributed by atoms with van der Waals surface area (Å²) in [7, 11) is 3.83. The molecular weight excluding hydrogens is 236 g/mol. The van der Waals surface area contributed by atoms with Crippen LogP contribution in [0.15, 0.2) is 18.2 Å². The summed E-state index contributed by atoms with van der Waals surface area (Å²) in [6.07, 6.45) is 0. The molecule has 1 aliphatic rings. The highest BCUT2D eigenvalue weighted by atomic mass is 35.5. The first-order chi connectivity index (χ1) is 8.19. The highest BCUT2D eigenvalue weighted by Crippen LogP contribution is 2.24. The van der Waals surface area contributed by atoms with Crippen LogP contribution in [0.1, 0.15) is 5.56 Å².